The largest absolute Gasteiger partial charge is 0.313 e. The molecule has 3 rings (SSSR count). The molecule has 2 N–H and O–H groups in total. The lowest BCUT2D eigenvalue weighted by atomic mass is 10.1. The van der Waals surface area contributed by atoms with Crippen LogP contribution in [0.15, 0.2) is 54.9 Å². The van der Waals surface area contributed by atoms with Crippen molar-refractivity contribution in [2.45, 2.75) is 6.04 Å². The zero-order valence-corrected chi connectivity index (χ0v) is 11.7. The predicted octanol–water partition coefficient (Wildman–Crippen LogP) is 1.37. The van der Waals surface area contributed by atoms with Crippen LogP contribution in [0.5, 0.6) is 0 Å². The Bertz CT molecular complexity index is 588. The number of amides is 1. The highest BCUT2D eigenvalue weighted by molar-refractivity contribution is 5.93. The fourth-order valence-corrected chi connectivity index (χ4v) is 2.50. The summed E-state index contributed by atoms with van der Waals surface area (Å²) in [6.07, 6.45) is 3.24. The Morgan fingerprint density at radius 3 is 2.86 bits per heavy atom. The third kappa shape index (κ3) is 3.26. The fourth-order valence-electron chi connectivity index (χ4n) is 2.50. The summed E-state index contributed by atoms with van der Waals surface area (Å²) in [5, 5.41) is 5.37. The van der Waals surface area contributed by atoms with Crippen LogP contribution in [-0.2, 0) is 0 Å². The molecule has 5 nitrogen and oxygen atoms in total. The van der Waals surface area contributed by atoms with E-state index in [1.54, 1.807) is 24.5 Å². The summed E-state index contributed by atoms with van der Waals surface area (Å²) in [6.45, 7) is 2.44. The van der Waals surface area contributed by atoms with Crippen molar-refractivity contribution in [2.75, 3.05) is 19.6 Å². The van der Waals surface area contributed by atoms with Gasteiger partial charge in [-0.25, -0.2) is 5.01 Å². The van der Waals surface area contributed by atoms with Crippen molar-refractivity contribution >= 4 is 5.91 Å². The monoisotopic (exact) mass is 282 g/mol. The topological polar surface area (TPSA) is 57.3 Å². The average Bonchev–Trinajstić information content (AvgIpc) is 2.57. The van der Waals surface area contributed by atoms with Gasteiger partial charge < -0.3 is 5.32 Å². The third-order valence-electron chi connectivity index (χ3n) is 3.60. The first kappa shape index (κ1) is 13.7. The number of benzene rings is 1. The molecular weight excluding hydrogens is 264 g/mol. The van der Waals surface area contributed by atoms with E-state index in [9.17, 15) is 4.79 Å². The summed E-state index contributed by atoms with van der Waals surface area (Å²) in [5.74, 6) is -0.120. The van der Waals surface area contributed by atoms with Crippen molar-refractivity contribution in [2.24, 2.45) is 0 Å². The van der Waals surface area contributed by atoms with Gasteiger partial charge in [0.05, 0.1) is 11.6 Å². The molecule has 0 radical (unpaired) electrons. The van der Waals surface area contributed by atoms with Crippen molar-refractivity contribution in [1.29, 1.82) is 0 Å². The maximum Gasteiger partial charge on any atom is 0.267 e. The molecule has 1 saturated heterocycles. The highest BCUT2D eigenvalue weighted by Crippen LogP contribution is 2.20. The maximum atomic E-state index is 12.3. The number of nitrogens with one attached hydrogen (secondary N) is 2. The average molecular weight is 282 g/mol. The standard InChI is InChI=1S/C16H18N4O/c21-16(14-7-4-8-17-11-14)19-20-10-9-18-12-15(20)13-5-2-1-3-6-13/h1-8,11,15,18H,9-10,12H2,(H,19,21). The lowest BCUT2D eigenvalue weighted by Crippen LogP contribution is -2.53. The van der Waals surface area contributed by atoms with Crippen LogP contribution in [0, 0.1) is 0 Å². The van der Waals surface area contributed by atoms with E-state index in [4.69, 9.17) is 0 Å². The number of pyridine rings is 1. The molecule has 1 fully saturated rings. The van der Waals surface area contributed by atoms with E-state index < -0.39 is 0 Å². The van der Waals surface area contributed by atoms with Crippen molar-refractivity contribution < 1.29 is 4.79 Å². The van der Waals surface area contributed by atoms with Crippen LogP contribution in [0.4, 0.5) is 0 Å². The molecular formula is C16H18N4O. The lowest BCUT2D eigenvalue weighted by molar-refractivity contribution is 0.0612. The number of hydrazine groups is 1. The molecule has 0 saturated carbocycles. The number of nitrogens with zero attached hydrogens (tertiary/aromatic N) is 2. The van der Waals surface area contributed by atoms with Crippen LogP contribution in [0.3, 0.4) is 0 Å². The molecule has 1 aromatic carbocycles. The number of carbonyl (C=O) groups excluding carboxylic acids is 1. The Labute approximate surface area is 124 Å². The van der Waals surface area contributed by atoms with Gasteiger partial charge in [-0.05, 0) is 17.7 Å². The second-order valence-electron chi connectivity index (χ2n) is 5.01. The summed E-state index contributed by atoms with van der Waals surface area (Å²) < 4.78 is 0. The van der Waals surface area contributed by atoms with Crippen molar-refractivity contribution in [3.63, 3.8) is 0 Å². The van der Waals surface area contributed by atoms with Crippen molar-refractivity contribution in [1.82, 2.24) is 20.7 Å². The van der Waals surface area contributed by atoms with Gasteiger partial charge in [0.25, 0.3) is 5.91 Å². The first-order chi connectivity index (χ1) is 10.3. The first-order valence-corrected chi connectivity index (χ1v) is 7.08. The van der Waals surface area contributed by atoms with E-state index in [0.29, 0.717) is 5.56 Å². The Kier molecular flexibility index (Phi) is 4.23. The van der Waals surface area contributed by atoms with E-state index in [1.807, 2.05) is 23.2 Å². The van der Waals surface area contributed by atoms with E-state index in [2.05, 4.69) is 27.9 Å². The van der Waals surface area contributed by atoms with Crippen LogP contribution in [0.2, 0.25) is 0 Å². The molecule has 1 aliphatic rings. The molecule has 2 heterocycles. The van der Waals surface area contributed by atoms with E-state index in [-0.39, 0.29) is 11.9 Å². The third-order valence-corrected chi connectivity index (χ3v) is 3.60. The van der Waals surface area contributed by atoms with E-state index in [0.717, 1.165) is 19.6 Å². The zero-order valence-electron chi connectivity index (χ0n) is 11.7. The maximum absolute atomic E-state index is 12.3. The molecule has 1 unspecified atom stereocenters. The minimum absolute atomic E-state index is 0.120. The first-order valence-electron chi connectivity index (χ1n) is 7.08. The highest BCUT2D eigenvalue weighted by atomic mass is 16.2. The molecule has 1 aliphatic heterocycles. The Hall–Kier alpha value is -2.24. The molecule has 5 heteroatoms. The van der Waals surface area contributed by atoms with E-state index in [1.165, 1.54) is 5.56 Å². The number of rotatable bonds is 3. The molecule has 0 aliphatic carbocycles. The highest BCUT2D eigenvalue weighted by Gasteiger charge is 2.25. The number of aromatic nitrogens is 1. The van der Waals surface area contributed by atoms with Crippen LogP contribution in [0.1, 0.15) is 22.0 Å². The SMILES string of the molecule is O=C(NN1CCNCC1c1ccccc1)c1cccnc1. The molecule has 1 aromatic heterocycles. The van der Waals surface area contributed by atoms with Gasteiger partial charge in [-0.2, -0.15) is 0 Å². The number of hydrogen-bond donors (Lipinski definition) is 2. The Morgan fingerprint density at radius 2 is 2.10 bits per heavy atom. The zero-order chi connectivity index (χ0) is 14.5. The van der Waals surface area contributed by atoms with Gasteiger partial charge in [0.1, 0.15) is 0 Å². The Balaban J connectivity index is 1.75. The minimum atomic E-state index is -0.120. The van der Waals surface area contributed by atoms with Gasteiger partial charge in [-0.3, -0.25) is 15.2 Å². The van der Waals surface area contributed by atoms with Gasteiger partial charge in [-0.1, -0.05) is 30.3 Å². The number of hydrogen-bond acceptors (Lipinski definition) is 4. The smallest absolute Gasteiger partial charge is 0.267 e. The quantitative estimate of drug-likeness (QED) is 0.893. The molecule has 21 heavy (non-hydrogen) atoms. The molecule has 1 atom stereocenters. The summed E-state index contributed by atoms with van der Waals surface area (Å²) in [4.78, 5) is 16.3. The molecule has 108 valence electrons. The van der Waals surface area contributed by atoms with E-state index >= 15 is 0 Å². The van der Waals surface area contributed by atoms with Gasteiger partial charge in [-0.15, -0.1) is 0 Å². The minimum Gasteiger partial charge on any atom is -0.313 e. The number of carbonyl (C=O) groups is 1. The molecule has 1 amide bonds. The Morgan fingerprint density at radius 1 is 1.24 bits per heavy atom. The molecule has 0 spiro atoms. The van der Waals surface area contributed by atoms with Gasteiger partial charge >= 0.3 is 0 Å². The number of piperazine rings is 1. The summed E-state index contributed by atoms with van der Waals surface area (Å²) >= 11 is 0. The van der Waals surface area contributed by atoms with Crippen molar-refractivity contribution in [3.8, 4) is 0 Å². The van der Waals surface area contributed by atoms with Crippen molar-refractivity contribution in [3.05, 3.63) is 66.0 Å². The molecule has 2 aromatic rings. The fraction of sp³-hybridized carbons (Fsp3) is 0.250. The lowest BCUT2D eigenvalue weighted by Gasteiger charge is -2.36. The molecule has 0 bridgehead atoms. The second-order valence-corrected chi connectivity index (χ2v) is 5.01. The summed E-state index contributed by atoms with van der Waals surface area (Å²) in [7, 11) is 0. The second kappa shape index (κ2) is 6.47. The van der Waals surface area contributed by atoms with Crippen LogP contribution < -0.4 is 10.7 Å². The van der Waals surface area contributed by atoms with Crippen LogP contribution >= 0.6 is 0 Å². The van der Waals surface area contributed by atoms with Gasteiger partial charge in [0, 0.05) is 32.0 Å². The van der Waals surface area contributed by atoms with Crippen LogP contribution in [0.25, 0.3) is 0 Å². The van der Waals surface area contributed by atoms with Crippen LogP contribution in [-0.4, -0.2) is 35.5 Å². The normalized spacial score (nSPS) is 19.1. The summed E-state index contributed by atoms with van der Waals surface area (Å²) in [5.41, 5.74) is 4.76. The van der Waals surface area contributed by atoms with Gasteiger partial charge in [0.2, 0.25) is 0 Å². The predicted molar refractivity (Wildman–Crippen MR) is 80.5 cm³/mol. The van der Waals surface area contributed by atoms with Gasteiger partial charge in [0.15, 0.2) is 0 Å². The summed E-state index contributed by atoms with van der Waals surface area (Å²) in [6, 6.07) is 13.9.